The molecule has 0 saturated carbocycles. The molecule has 3 nitrogen and oxygen atoms in total. The van der Waals surface area contributed by atoms with E-state index in [9.17, 15) is 9.59 Å². The highest BCUT2D eigenvalue weighted by Crippen LogP contribution is 1.98. The Labute approximate surface area is 91.1 Å². The van der Waals surface area contributed by atoms with E-state index >= 15 is 0 Å². The molecular formula is C12H18O3. The summed E-state index contributed by atoms with van der Waals surface area (Å²) in [6.07, 6.45) is 5.09. The molecule has 0 aromatic carbocycles. The lowest BCUT2D eigenvalue weighted by molar-refractivity contribution is -0.136. The van der Waals surface area contributed by atoms with Crippen LogP contribution in [0.3, 0.4) is 0 Å². The van der Waals surface area contributed by atoms with Gasteiger partial charge in [-0.05, 0) is 6.92 Å². The Morgan fingerprint density at radius 2 is 1.80 bits per heavy atom. The third-order valence-corrected chi connectivity index (χ3v) is 1.40. The zero-order valence-corrected chi connectivity index (χ0v) is 9.74. The third-order valence-electron chi connectivity index (χ3n) is 1.40. The summed E-state index contributed by atoms with van der Waals surface area (Å²) in [4.78, 5) is 21.2. The second kappa shape index (κ2) is 10.4. The number of ether oxygens (including phenoxy) is 1. The van der Waals surface area contributed by atoms with Crippen LogP contribution in [0.25, 0.3) is 0 Å². The molecule has 0 atom stereocenters. The van der Waals surface area contributed by atoms with Crippen molar-refractivity contribution in [3.8, 4) is 0 Å². The Morgan fingerprint density at radius 1 is 1.27 bits per heavy atom. The van der Waals surface area contributed by atoms with Crippen LogP contribution < -0.4 is 0 Å². The number of hydrogen-bond acceptors (Lipinski definition) is 3. The molecule has 0 fully saturated rings. The quantitative estimate of drug-likeness (QED) is 0.310. The van der Waals surface area contributed by atoms with Gasteiger partial charge in [-0.25, -0.2) is 4.79 Å². The molecule has 3 heteroatoms. The number of carbonyl (C=O) groups excluding carboxylic acids is 2. The molecule has 0 N–H and O–H groups in total. The summed E-state index contributed by atoms with van der Waals surface area (Å²) in [6, 6.07) is 0. The van der Waals surface area contributed by atoms with Crippen molar-refractivity contribution >= 4 is 12.3 Å². The lowest BCUT2D eigenvalue weighted by atomic mass is 10.2. The molecule has 0 bridgehead atoms. The van der Waals surface area contributed by atoms with Crippen LogP contribution in [0.5, 0.6) is 0 Å². The number of rotatable bonds is 4. The number of methoxy groups -OCH3 is 1. The van der Waals surface area contributed by atoms with E-state index in [-0.39, 0.29) is 0 Å². The Kier molecular flexibility index (Phi) is 11.0. The summed E-state index contributed by atoms with van der Waals surface area (Å²) in [7, 11) is 1.30. The second-order valence-corrected chi connectivity index (χ2v) is 2.33. The van der Waals surface area contributed by atoms with Crippen molar-refractivity contribution in [2.75, 3.05) is 7.11 Å². The minimum absolute atomic E-state index is 0.412. The van der Waals surface area contributed by atoms with E-state index in [1.54, 1.807) is 6.92 Å². The minimum atomic E-state index is -0.412. The highest BCUT2D eigenvalue weighted by atomic mass is 16.5. The van der Waals surface area contributed by atoms with E-state index < -0.39 is 5.97 Å². The van der Waals surface area contributed by atoms with E-state index in [0.29, 0.717) is 17.4 Å². The van der Waals surface area contributed by atoms with Gasteiger partial charge in [-0.2, -0.15) is 0 Å². The van der Waals surface area contributed by atoms with Crippen molar-refractivity contribution in [1.82, 2.24) is 0 Å². The molecule has 0 aromatic heterocycles. The highest BCUT2D eigenvalue weighted by molar-refractivity contribution is 5.88. The van der Waals surface area contributed by atoms with E-state index in [2.05, 4.69) is 11.3 Å². The van der Waals surface area contributed by atoms with Crippen LogP contribution in [-0.2, 0) is 14.3 Å². The molecular weight excluding hydrogens is 192 g/mol. The number of esters is 1. The standard InChI is InChI=1S/C10H12O3.C2H6/c1-4-9(7-11)6-5-8(2)10(12)13-3;1-2/h4-7H,1H2,2-3H3;1-2H3/b8-5+,9-6+;. The van der Waals surface area contributed by atoms with Crippen LogP contribution in [0.4, 0.5) is 0 Å². The van der Waals surface area contributed by atoms with Crippen LogP contribution in [0, 0.1) is 0 Å². The van der Waals surface area contributed by atoms with Gasteiger partial charge in [0, 0.05) is 11.1 Å². The van der Waals surface area contributed by atoms with Crippen molar-refractivity contribution in [2.45, 2.75) is 20.8 Å². The Morgan fingerprint density at radius 3 is 2.13 bits per heavy atom. The molecule has 0 aromatic rings. The first-order valence-corrected chi connectivity index (χ1v) is 4.70. The van der Waals surface area contributed by atoms with Gasteiger partial charge in [0.2, 0.25) is 0 Å². The molecule has 0 aliphatic rings. The fourth-order valence-corrected chi connectivity index (χ4v) is 0.606. The number of hydrogen-bond donors (Lipinski definition) is 0. The second-order valence-electron chi connectivity index (χ2n) is 2.33. The van der Waals surface area contributed by atoms with Crippen molar-refractivity contribution in [2.24, 2.45) is 0 Å². The first-order valence-electron chi connectivity index (χ1n) is 4.70. The monoisotopic (exact) mass is 210 g/mol. The number of aldehydes is 1. The summed E-state index contributed by atoms with van der Waals surface area (Å²) in [5, 5.41) is 0. The first-order chi connectivity index (χ1) is 7.15. The molecule has 0 spiro atoms. The zero-order valence-electron chi connectivity index (χ0n) is 9.74. The van der Waals surface area contributed by atoms with Gasteiger partial charge in [0.05, 0.1) is 7.11 Å². The molecule has 0 heterocycles. The zero-order chi connectivity index (χ0) is 12.3. The maximum absolute atomic E-state index is 10.9. The van der Waals surface area contributed by atoms with Gasteiger partial charge in [0.15, 0.2) is 0 Å². The van der Waals surface area contributed by atoms with Crippen LogP contribution in [0.1, 0.15) is 20.8 Å². The molecule has 0 aliphatic carbocycles. The van der Waals surface area contributed by atoms with Crippen molar-refractivity contribution < 1.29 is 14.3 Å². The fraction of sp³-hybridized carbons (Fsp3) is 0.333. The largest absolute Gasteiger partial charge is 0.466 e. The Bertz CT molecular complexity index is 263. The van der Waals surface area contributed by atoms with E-state index in [0.717, 1.165) is 0 Å². The summed E-state index contributed by atoms with van der Waals surface area (Å²) in [6.45, 7) is 9.03. The van der Waals surface area contributed by atoms with Crippen molar-refractivity contribution in [1.29, 1.82) is 0 Å². The van der Waals surface area contributed by atoms with Crippen LogP contribution in [0.15, 0.2) is 36.0 Å². The maximum Gasteiger partial charge on any atom is 0.333 e. The average molecular weight is 210 g/mol. The third kappa shape index (κ3) is 7.43. The lowest BCUT2D eigenvalue weighted by Crippen LogP contribution is -2.00. The van der Waals surface area contributed by atoms with E-state index in [1.807, 2.05) is 13.8 Å². The van der Waals surface area contributed by atoms with Gasteiger partial charge in [-0.3, -0.25) is 4.79 Å². The fourth-order valence-electron chi connectivity index (χ4n) is 0.606. The van der Waals surface area contributed by atoms with Crippen LogP contribution >= 0.6 is 0 Å². The Hall–Kier alpha value is -1.64. The molecule has 0 aliphatic heterocycles. The summed E-state index contributed by atoms with van der Waals surface area (Å²) in [5.74, 6) is -0.412. The Balaban J connectivity index is 0. The number of allylic oxidation sites excluding steroid dienone is 4. The number of carbonyl (C=O) groups is 2. The molecule has 0 unspecified atom stereocenters. The van der Waals surface area contributed by atoms with Gasteiger partial charge in [-0.15, -0.1) is 0 Å². The summed E-state index contributed by atoms with van der Waals surface area (Å²) in [5.41, 5.74) is 0.854. The molecule has 84 valence electrons. The lowest BCUT2D eigenvalue weighted by Gasteiger charge is -1.95. The van der Waals surface area contributed by atoms with Gasteiger partial charge in [0.1, 0.15) is 6.29 Å². The average Bonchev–Trinajstić information content (AvgIpc) is 2.31. The molecule has 0 saturated heterocycles. The first kappa shape index (κ1) is 15.8. The predicted molar refractivity (Wildman–Crippen MR) is 61.5 cm³/mol. The highest BCUT2D eigenvalue weighted by Gasteiger charge is 2.00. The van der Waals surface area contributed by atoms with Crippen LogP contribution in [0.2, 0.25) is 0 Å². The normalized spacial score (nSPS) is 10.9. The molecule has 0 rings (SSSR count). The summed E-state index contributed by atoms with van der Waals surface area (Å²) < 4.78 is 4.46. The predicted octanol–water partition coefficient (Wildman–Crippen LogP) is 2.44. The minimum Gasteiger partial charge on any atom is -0.466 e. The smallest absolute Gasteiger partial charge is 0.333 e. The van der Waals surface area contributed by atoms with Crippen LogP contribution in [-0.4, -0.2) is 19.4 Å². The van der Waals surface area contributed by atoms with Gasteiger partial charge in [-0.1, -0.05) is 38.7 Å². The molecule has 0 radical (unpaired) electrons. The van der Waals surface area contributed by atoms with E-state index in [1.165, 1.54) is 25.3 Å². The van der Waals surface area contributed by atoms with Gasteiger partial charge >= 0.3 is 5.97 Å². The molecule has 15 heavy (non-hydrogen) atoms. The SMILES string of the molecule is C=C/C(C=O)=C\C=C(/C)C(=O)OC.CC. The van der Waals surface area contributed by atoms with Crippen molar-refractivity contribution in [3.05, 3.63) is 36.0 Å². The van der Waals surface area contributed by atoms with E-state index in [4.69, 9.17) is 0 Å². The maximum atomic E-state index is 10.9. The summed E-state index contributed by atoms with van der Waals surface area (Å²) >= 11 is 0. The van der Waals surface area contributed by atoms with Gasteiger partial charge < -0.3 is 4.74 Å². The van der Waals surface area contributed by atoms with Gasteiger partial charge in [0.25, 0.3) is 0 Å². The topological polar surface area (TPSA) is 43.4 Å². The molecule has 0 amide bonds. The van der Waals surface area contributed by atoms with Crippen molar-refractivity contribution in [3.63, 3.8) is 0 Å².